The van der Waals surface area contributed by atoms with Crippen molar-refractivity contribution in [2.24, 2.45) is 16.5 Å². The predicted octanol–water partition coefficient (Wildman–Crippen LogP) is -0.155. The average Bonchev–Trinajstić information content (AvgIpc) is 2.36. The van der Waals surface area contributed by atoms with Crippen molar-refractivity contribution in [2.75, 3.05) is 14.2 Å². The van der Waals surface area contributed by atoms with E-state index in [-0.39, 0.29) is 17.5 Å². The van der Waals surface area contributed by atoms with E-state index in [1.54, 1.807) is 12.1 Å². The minimum absolute atomic E-state index is 0.0321. The molecule has 100 valence electrons. The molecule has 1 heterocycles. The zero-order chi connectivity index (χ0) is 14.0. The Morgan fingerprint density at radius 1 is 1.26 bits per heavy atom. The maximum Gasteiger partial charge on any atom is 0.260 e. The van der Waals surface area contributed by atoms with E-state index in [4.69, 9.17) is 20.9 Å². The molecule has 0 aliphatic carbocycles. The molecular weight excluding hydrogens is 250 g/mol. The molecule has 0 saturated heterocycles. The van der Waals surface area contributed by atoms with E-state index < -0.39 is 0 Å². The lowest BCUT2D eigenvalue weighted by Crippen LogP contribution is -2.22. The summed E-state index contributed by atoms with van der Waals surface area (Å²) in [6.45, 7) is 0. The van der Waals surface area contributed by atoms with Gasteiger partial charge in [0, 0.05) is 6.07 Å². The highest BCUT2D eigenvalue weighted by Gasteiger charge is 2.10. The third-order valence-electron chi connectivity index (χ3n) is 2.43. The highest BCUT2D eigenvalue weighted by atomic mass is 16.5. The van der Waals surface area contributed by atoms with Gasteiger partial charge < -0.3 is 20.9 Å². The summed E-state index contributed by atoms with van der Waals surface area (Å²) in [7, 11) is 2.98. The molecule has 0 fully saturated rings. The monoisotopic (exact) mass is 263 g/mol. The molecule has 0 aliphatic rings. The number of rotatable bonds is 3. The van der Waals surface area contributed by atoms with Gasteiger partial charge in [0.1, 0.15) is 0 Å². The number of nitrogens with one attached hydrogen (secondary N) is 1. The fraction of sp³-hybridized carbons (Fsp3) is 0.182. The summed E-state index contributed by atoms with van der Waals surface area (Å²) in [5.41, 5.74) is 10.5. The van der Waals surface area contributed by atoms with Gasteiger partial charge in [0.05, 0.1) is 25.1 Å². The van der Waals surface area contributed by atoms with Crippen molar-refractivity contribution in [1.82, 2.24) is 9.97 Å². The number of nitrogens with two attached hydrogens (primary N) is 2. The van der Waals surface area contributed by atoms with Gasteiger partial charge in [-0.05, 0) is 6.07 Å². The Labute approximate surface area is 108 Å². The molecule has 0 unspecified atom stereocenters. The third-order valence-corrected chi connectivity index (χ3v) is 2.43. The molecule has 2 aromatic rings. The molecule has 1 aromatic carbocycles. The zero-order valence-electron chi connectivity index (χ0n) is 10.4. The van der Waals surface area contributed by atoms with Crippen molar-refractivity contribution < 1.29 is 9.47 Å². The van der Waals surface area contributed by atoms with Gasteiger partial charge in [-0.3, -0.25) is 9.78 Å². The van der Waals surface area contributed by atoms with E-state index in [0.717, 1.165) is 0 Å². The Balaban J connectivity index is 2.74. The maximum atomic E-state index is 11.9. The minimum Gasteiger partial charge on any atom is -0.493 e. The van der Waals surface area contributed by atoms with Crippen LogP contribution in [-0.4, -0.2) is 30.1 Å². The number of aliphatic imine (C=N–C) groups is 1. The van der Waals surface area contributed by atoms with Crippen LogP contribution in [0.5, 0.6) is 11.5 Å². The number of methoxy groups -OCH3 is 2. The molecule has 0 saturated carbocycles. The number of benzene rings is 1. The number of H-pyrrole nitrogens is 1. The quantitative estimate of drug-likeness (QED) is 0.521. The highest BCUT2D eigenvalue weighted by Crippen LogP contribution is 2.30. The van der Waals surface area contributed by atoms with E-state index in [1.165, 1.54) is 14.2 Å². The van der Waals surface area contributed by atoms with Crippen LogP contribution >= 0.6 is 0 Å². The van der Waals surface area contributed by atoms with Crippen LogP contribution in [0.2, 0.25) is 0 Å². The molecular formula is C11H13N5O3. The molecule has 1 aromatic heterocycles. The van der Waals surface area contributed by atoms with Gasteiger partial charge in [0.25, 0.3) is 5.56 Å². The molecule has 5 N–H and O–H groups in total. The Morgan fingerprint density at radius 3 is 2.47 bits per heavy atom. The van der Waals surface area contributed by atoms with Crippen LogP contribution in [0.15, 0.2) is 21.9 Å². The normalized spacial score (nSPS) is 10.2. The largest absolute Gasteiger partial charge is 0.493 e. The number of guanidine groups is 1. The second-order valence-electron chi connectivity index (χ2n) is 3.65. The number of ether oxygens (including phenoxy) is 2. The summed E-state index contributed by atoms with van der Waals surface area (Å²) in [4.78, 5) is 22.2. The van der Waals surface area contributed by atoms with Crippen LogP contribution in [0.3, 0.4) is 0 Å². The van der Waals surface area contributed by atoms with Gasteiger partial charge >= 0.3 is 0 Å². The van der Waals surface area contributed by atoms with Crippen molar-refractivity contribution in [1.29, 1.82) is 0 Å². The van der Waals surface area contributed by atoms with Crippen LogP contribution < -0.4 is 26.5 Å². The molecule has 19 heavy (non-hydrogen) atoms. The first-order valence-corrected chi connectivity index (χ1v) is 5.31. The van der Waals surface area contributed by atoms with E-state index in [0.29, 0.717) is 22.4 Å². The van der Waals surface area contributed by atoms with Crippen LogP contribution in [0.25, 0.3) is 10.9 Å². The number of fused-ring (bicyclic) bond motifs is 1. The van der Waals surface area contributed by atoms with Gasteiger partial charge in [-0.25, -0.2) is 4.98 Å². The molecule has 0 radical (unpaired) electrons. The van der Waals surface area contributed by atoms with Crippen molar-refractivity contribution >= 4 is 22.8 Å². The van der Waals surface area contributed by atoms with Crippen LogP contribution in [0.4, 0.5) is 5.95 Å². The van der Waals surface area contributed by atoms with Crippen molar-refractivity contribution in [2.45, 2.75) is 0 Å². The zero-order valence-corrected chi connectivity index (χ0v) is 10.4. The van der Waals surface area contributed by atoms with Crippen LogP contribution in [0.1, 0.15) is 0 Å². The standard InChI is InChI=1S/C11H13N5O3/c1-18-7-3-5-6(4-8(7)19-2)14-11(15-9(5)17)16-10(12)13/h3-4H,1-2H3,(H5,12,13,14,15,16,17). The first-order valence-electron chi connectivity index (χ1n) is 5.31. The second-order valence-corrected chi connectivity index (χ2v) is 3.65. The minimum atomic E-state index is -0.369. The lowest BCUT2D eigenvalue weighted by Gasteiger charge is -2.08. The summed E-state index contributed by atoms with van der Waals surface area (Å²) in [6, 6.07) is 3.12. The molecule has 0 spiro atoms. The molecule has 2 rings (SSSR count). The number of nitrogens with zero attached hydrogens (tertiary/aromatic N) is 2. The van der Waals surface area contributed by atoms with E-state index in [1.807, 2.05) is 0 Å². The van der Waals surface area contributed by atoms with Gasteiger partial charge in [-0.2, -0.15) is 4.99 Å². The molecule has 0 amide bonds. The van der Waals surface area contributed by atoms with Gasteiger partial charge in [0.2, 0.25) is 5.95 Å². The van der Waals surface area contributed by atoms with Gasteiger partial charge in [-0.1, -0.05) is 0 Å². The van der Waals surface area contributed by atoms with E-state index >= 15 is 0 Å². The fourth-order valence-electron chi connectivity index (χ4n) is 1.63. The Bertz CT molecular complexity index is 703. The smallest absolute Gasteiger partial charge is 0.260 e. The molecule has 0 bridgehead atoms. The molecule has 0 atom stereocenters. The summed E-state index contributed by atoms with van der Waals surface area (Å²) in [5.74, 6) is 0.744. The summed E-state index contributed by atoms with van der Waals surface area (Å²) < 4.78 is 10.3. The lowest BCUT2D eigenvalue weighted by molar-refractivity contribution is 0.355. The third kappa shape index (κ3) is 2.41. The molecule has 8 nitrogen and oxygen atoms in total. The summed E-state index contributed by atoms with van der Waals surface area (Å²) in [6.07, 6.45) is 0. The highest BCUT2D eigenvalue weighted by molar-refractivity contribution is 5.83. The number of aromatic amines is 1. The van der Waals surface area contributed by atoms with Crippen molar-refractivity contribution in [3.8, 4) is 11.5 Å². The topological polar surface area (TPSA) is 129 Å². The SMILES string of the molecule is COc1cc2nc(N=C(N)N)[nH]c(=O)c2cc1OC. The second kappa shape index (κ2) is 4.84. The number of hydrogen-bond acceptors (Lipinski definition) is 5. The Kier molecular flexibility index (Phi) is 3.23. The predicted molar refractivity (Wildman–Crippen MR) is 70.9 cm³/mol. The number of aromatic nitrogens is 2. The van der Waals surface area contributed by atoms with Crippen molar-refractivity contribution in [3.63, 3.8) is 0 Å². The first-order chi connectivity index (χ1) is 9.05. The average molecular weight is 263 g/mol. The summed E-state index contributed by atoms with van der Waals surface area (Å²) in [5, 5.41) is 0.354. The number of hydrogen-bond donors (Lipinski definition) is 3. The van der Waals surface area contributed by atoms with Crippen LogP contribution in [-0.2, 0) is 0 Å². The Hall–Kier alpha value is -2.77. The van der Waals surface area contributed by atoms with E-state index in [9.17, 15) is 4.79 Å². The van der Waals surface area contributed by atoms with Crippen molar-refractivity contribution in [3.05, 3.63) is 22.5 Å². The van der Waals surface area contributed by atoms with E-state index in [2.05, 4.69) is 15.0 Å². The Morgan fingerprint density at radius 2 is 1.89 bits per heavy atom. The van der Waals surface area contributed by atoms with Crippen LogP contribution in [0, 0.1) is 0 Å². The maximum absolute atomic E-state index is 11.9. The fourth-order valence-corrected chi connectivity index (χ4v) is 1.63. The summed E-state index contributed by atoms with van der Waals surface area (Å²) >= 11 is 0. The molecule has 8 heteroatoms. The van der Waals surface area contributed by atoms with Gasteiger partial charge in [0.15, 0.2) is 17.5 Å². The lowest BCUT2D eigenvalue weighted by atomic mass is 10.2. The molecule has 0 aliphatic heterocycles. The van der Waals surface area contributed by atoms with Gasteiger partial charge in [-0.15, -0.1) is 0 Å². The first kappa shape index (κ1) is 12.7.